The first-order chi connectivity index (χ1) is 17.1. The Morgan fingerprint density at radius 2 is 1.74 bits per heavy atom. The third-order valence-corrected chi connectivity index (χ3v) is 7.15. The van der Waals surface area contributed by atoms with Crippen LogP contribution in [0.1, 0.15) is 35.2 Å². The number of para-hydroxylation sites is 2. The average molecular weight is 491 g/mol. The lowest BCUT2D eigenvalue weighted by Gasteiger charge is -2.31. The Morgan fingerprint density at radius 3 is 2.54 bits per heavy atom. The van der Waals surface area contributed by atoms with Crippen LogP contribution < -0.4 is 9.47 Å². The van der Waals surface area contributed by atoms with Crippen molar-refractivity contribution in [1.82, 2.24) is 9.88 Å². The molecule has 0 radical (unpaired) electrons. The Hall–Kier alpha value is -2.86. The number of pyridine rings is 1. The number of aliphatic hydroxyl groups is 1. The van der Waals surface area contributed by atoms with Crippen LogP contribution in [-0.2, 0) is 12.8 Å². The maximum atomic E-state index is 10.6. The molecule has 1 atom stereocenters. The van der Waals surface area contributed by atoms with Gasteiger partial charge in [-0.3, -0.25) is 9.88 Å². The van der Waals surface area contributed by atoms with E-state index in [0.29, 0.717) is 18.0 Å². The lowest BCUT2D eigenvalue weighted by Crippen LogP contribution is -2.39. The Balaban J connectivity index is 1.29. The van der Waals surface area contributed by atoms with Gasteiger partial charge < -0.3 is 14.6 Å². The van der Waals surface area contributed by atoms with E-state index in [2.05, 4.69) is 23.1 Å². The molecule has 5 rings (SSSR count). The fraction of sp³-hybridized carbons (Fsp3) is 0.345. The first-order valence-electron chi connectivity index (χ1n) is 12.2. The van der Waals surface area contributed by atoms with Gasteiger partial charge in [0, 0.05) is 36.4 Å². The van der Waals surface area contributed by atoms with Crippen molar-refractivity contribution in [2.75, 3.05) is 33.4 Å². The zero-order valence-electron chi connectivity index (χ0n) is 20.0. The highest BCUT2D eigenvalue weighted by Crippen LogP contribution is 2.38. The first-order valence-corrected chi connectivity index (χ1v) is 12.6. The molecule has 1 saturated heterocycles. The summed E-state index contributed by atoms with van der Waals surface area (Å²) in [5.74, 6) is 1.32. The number of aliphatic hydroxyl groups excluding tert-OH is 1. The topological polar surface area (TPSA) is 54.8 Å². The predicted molar refractivity (Wildman–Crippen MR) is 139 cm³/mol. The van der Waals surface area contributed by atoms with Gasteiger partial charge >= 0.3 is 0 Å². The summed E-state index contributed by atoms with van der Waals surface area (Å²) < 4.78 is 11.1. The molecule has 2 aliphatic rings. The number of benzene rings is 2. The molecule has 0 saturated carbocycles. The quantitative estimate of drug-likeness (QED) is 0.516. The van der Waals surface area contributed by atoms with Crippen molar-refractivity contribution in [3.05, 3.63) is 93.8 Å². The van der Waals surface area contributed by atoms with Gasteiger partial charge in [-0.15, -0.1) is 0 Å². The van der Waals surface area contributed by atoms with Crippen LogP contribution in [0.4, 0.5) is 0 Å². The van der Waals surface area contributed by atoms with E-state index in [1.807, 2.05) is 42.6 Å². The fourth-order valence-corrected chi connectivity index (χ4v) is 5.36. The molecule has 0 unspecified atom stereocenters. The van der Waals surface area contributed by atoms with E-state index in [1.165, 1.54) is 27.8 Å². The van der Waals surface area contributed by atoms with E-state index in [-0.39, 0.29) is 6.61 Å². The summed E-state index contributed by atoms with van der Waals surface area (Å²) in [6.07, 6.45) is 5.17. The van der Waals surface area contributed by atoms with Crippen molar-refractivity contribution >= 4 is 17.2 Å². The summed E-state index contributed by atoms with van der Waals surface area (Å²) in [5.41, 5.74) is 7.69. The smallest absolute Gasteiger partial charge is 0.161 e. The highest BCUT2D eigenvalue weighted by Gasteiger charge is 2.26. The lowest BCUT2D eigenvalue weighted by molar-refractivity contribution is 0.0647. The summed E-state index contributed by atoms with van der Waals surface area (Å²) in [5, 5.41) is 11.4. The number of piperidine rings is 1. The molecule has 3 aromatic rings. The maximum absolute atomic E-state index is 10.6. The summed E-state index contributed by atoms with van der Waals surface area (Å²) in [7, 11) is 1.62. The van der Waals surface area contributed by atoms with Gasteiger partial charge in [-0.25, -0.2) is 0 Å². The summed E-state index contributed by atoms with van der Waals surface area (Å²) in [4.78, 5) is 7.14. The van der Waals surface area contributed by atoms with Gasteiger partial charge in [0.05, 0.1) is 12.8 Å². The molecule has 0 spiro atoms. The van der Waals surface area contributed by atoms with Gasteiger partial charge in [-0.05, 0) is 72.7 Å². The van der Waals surface area contributed by atoms with Crippen molar-refractivity contribution in [3.63, 3.8) is 0 Å². The van der Waals surface area contributed by atoms with Crippen LogP contribution in [0.3, 0.4) is 0 Å². The van der Waals surface area contributed by atoms with E-state index in [4.69, 9.17) is 26.1 Å². The lowest BCUT2D eigenvalue weighted by atomic mass is 9.88. The molecule has 1 fully saturated rings. The third kappa shape index (κ3) is 5.37. The van der Waals surface area contributed by atoms with E-state index < -0.39 is 6.10 Å². The zero-order valence-corrected chi connectivity index (χ0v) is 20.8. The molecule has 0 amide bonds. The largest absolute Gasteiger partial charge is 0.493 e. The van der Waals surface area contributed by atoms with Crippen molar-refractivity contribution in [1.29, 1.82) is 0 Å². The van der Waals surface area contributed by atoms with Crippen LogP contribution in [0, 0.1) is 0 Å². The van der Waals surface area contributed by atoms with Crippen molar-refractivity contribution < 1.29 is 14.6 Å². The number of nitrogens with zero attached hydrogens (tertiary/aromatic N) is 2. The summed E-state index contributed by atoms with van der Waals surface area (Å²) >= 11 is 6.34. The number of likely N-dealkylation sites (tertiary alicyclic amines) is 1. The number of hydrogen-bond acceptors (Lipinski definition) is 5. The molecule has 2 heterocycles. The molecule has 6 heteroatoms. The first kappa shape index (κ1) is 23.9. The Labute approximate surface area is 212 Å². The van der Waals surface area contributed by atoms with Crippen molar-refractivity contribution in [3.8, 4) is 11.5 Å². The molecule has 1 N–H and O–H groups in total. The molecule has 35 heavy (non-hydrogen) atoms. The van der Waals surface area contributed by atoms with Gasteiger partial charge in [0.1, 0.15) is 12.7 Å². The number of fused-ring (bicyclic) bond motifs is 2. The summed E-state index contributed by atoms with van der Waals surface area (Å²) in [6, 6.07) is 18.0. The molecular weight excluding hydrogens is 460 g/mol. The van der Waals surface area contributed by atoms with E-state index >= 15 is 0 Å². The molecular formula is C29H31ClN2O3. The molecule has 2 aromatic carbocycles. The van der Waals surface area contributed by atoms with Crippen LogP contribution in [0.2, 0.25) is 5.02 Å². The van der Waals surface area contributed by atoms with E-state index in [1.54, 1.807) is 7.11 Å². The normalized spacial score (nSPS) is 16.8. The van der Waals surface area contributed by atoms with Gasteiger partial charge in [-0.1, -0.05) is 41.4 Å². The van der Waals surface area contributed by atoms with Crippen LogP contribution in [0.15, 0.2) is 66.4 Å². The molecule has 1 aliphatic heterocycles. The second-order valence-corrected chi connectivity index (χ2v) is 9.64. The van der Waals surface area contributed by atoms with Gasteiger partial charge in [0.15, 0.2) is 11.5 Å². The van der Waals surface area contributed by atoms with Crippen molar-refractivity contribution in [2.45, 2.75) is 31.8 Å². The number of aryl methyl sites for hydroxylation is 2. The SMILES string of the molecule is COc1ccccc1OC[C@@H](O)CN1CCC(=C2c3ccc(Cl)cc3CCc3cccnc32)CC1. The molecule has 182 valence electrons. The van der Waals surface area contributed by atoms with Gasteiger partial charge in [0.25, 0.3) is 0 Å². The average Bonchev–Trinajstić information content (AvgIpc) is 3.05. The minimum Gasteiger partial charge on any atom is -0.493 e. The standard InChI is InChI=1S/C29H31ClN2O3/c1-34-26-6-2-3-7-27(26)35-19-24(33)18-32-15-12-20(13-16-32)28-25-11-10-23(30)17-22(25)9-8-21-5-4-14-31-29(21)28/h2-7,10-11,14,17,24,33H,8-9,12-13,15-16,18-19H2,1H3/t24-/m0/s1. The second kappa shape index (κ2) is 10.8. The number of β-amino-alcohol motifs (C(OH)–C–C–N with tert-alkyl or cyclic N) is 1. The van der Waals surface area contributed by atoms with E-state index in [0.717, 1.165) is 49.5 Å². The highest BCUT2D eigenvalue weighted by molar-refractivity contribution is 6.30. The Morgan fingerprint density at radius 1 is 0.971 bits per heavy atom. The minimum absolute atomic E-state index is 0.232. The number of methoxy groups -OCH3 is 1. The number of halogens is 1. The molecule has 5 nitrogen and oxygen atoms in total. The summed E-state index contributed by atoms with van der Waals surface area (Å²) in [6.45, 7) is 2.61. The number of aromatic nitrogens is 1. The molecule has 1 aromatic heterocycles. The minimum atomic E-state index is -0.572. The number of rotatable bonds is 6. The second-order valence-electron chi connectivity index (χ2n) is 9.21. The van der Waals surface area contributed by atoms with Crippen molar-refractivity contribution in [2.24, 2.45) is 0 Å². The monoisotopic (exact) mass is 490 g/mol. The van der Waals surface area contributed by atoms with Gasteiger partial charge in [0.2, 0.25) is 0 Å². The predicted octanol–water partition coefficient (Wildman–Crippen LogP) is 5.18. The number of ether oxygens (including phenoxy) is 2. The Bertz CT molecular complexity index is 1220. The molecule has 0 bridgehead atoms. The van der Waals surface area contributed by atoms with Crippen LogP contribution in [0.25, 0.3) is 5.57 Å². The third-order valence-electron chi connectivity index (χ3n) is 6.91. The van der Waals surface area contributed by atoms with Gasteiger partial charge in [-0.2, -0.15) is 0 Å². The number of hydrogen-bond donors (Lipinski definition) is 1. The maximum Gasteiger partial charge on any atom is 0.161 e. The highest BCUT2D eigenvalue weighted by atomic mass is 35.5. The van der Waals surface area contributed by atoms with Crippen LogP contribution in [0.5, 0.6) is 11.5 Å². The van der Waals surface area contributed by atoms with E-state index in [9.17, 15) is 5.11 Å². The fourth-order valence-electron chi connectivity index (χ4n) is 5.16. The zero-order chi connectivity index (χ0) is 24.2. The Kier molecular flexibility index (Phi) is 7.37. The molecule has 1 aliphatic carbocycles. The van der Waals surface area contributed by atoms with Crippen LogP contribution >= 0.6 is 11.6 Å². The van der Waals surface area contributed by atoms with Crippen LogP contribution in [-0.4, -0.2) is 54.4 Å².